The average Bonchev–Trinajstić information content (AvgIpc) is 2.93. The van der Waals surface area contributed by atoms with Crippen LogP contribution in [0.15, 0.2) is 34.0 Å². The van der Waals surface area contributed by atoms with Crippen molar-refractivity contribution in [1.82, 2.24) is 4.98 Å². The molecule has 0 radical (unpaired) electrons. The minimum absolute atomic E-state index is 0.0173. The molecule has 0 N–H and O–H groups in total. The predicted octanol–water partition coefficient (Wildman–Crippen LogP) is 6.97. The van der Waals surface area contributed by atoms with Crippen LogP contribution in [0.5, 0.6) is 17.5 Å². The molecular formula is C15H10ClF6NO2S2. The Morgan fingerprint density at radius 1 is 1.19 bits per heavy atom. The summed E-state index contributed by atoms with van der Waals surface area (Å²) in [6.45, 7) is 1.38. The summed E-state index contributed by atoms with van der Waals surface area (Å²) in [6, 6.07) is 3.80. The van der Waals surface area contributed by atoms with E-state index in [9.17, 15) is 26.3 Å². The summed E-state index contributed by atoms with van der Waals surface area (Å²) >= 11 is 5.42. The van der Waals surface area contributed by atoms with Crippen molar-refractivity contribution >= 4 is 34.7 Å². The molecule has 27 heavy (non-hydrogen) atoms. The van der Waals surface area contributed by atoms with Crippen molar-refractivity contribution in [2.45, 2.75) is 18.6 Å². The van der Waals surface area contributed by atoms with E-state index in [2.05, 4.69) is 4.98 Å². The Balaban J connectivity index is 2.03. The van der Waals surface area contributed by atoms with E-state index in [0.29, 0.717) is 16.9 Å². The van der Waals surface area contributed by atoms with Crippen LogP contribution in [0.25, 0.3) is 0 Å². The molecule has 0 aliphatic heterocycles. The number of halogens is 7. The van der Waals surface area contributed by atoms with Gasteiger partial charge in [-0.2, -0.15) is 31.3 Å². The van der Waals surface area contributed by atoms with E-state index in [4.69, 9.17) is 21.1 Å². The maximum absolute atomic E-state index is 12.6. The van der Waals surface area contributed by atoms with Gasteiger partial charge in [0.1, 0.15) is 17.2 Å². The highest BCUT2D eigenvalue weighted by molar-refractivity contribution is 8.05. The van der Waals surface area contributed by atoms with E-state index in [0.717, 1.165) is 12.1 Å². The van der Waals surface area contributed by atoms with Gasteiger partial charge in [-0.15, -0.1) is 11.3 Å². The first-order chi connectivity index (χ1) is 12.4. The first-order valence-electron chi connectivity index (χ1n) is 6.99. The number of thiophene rings is 1. The molecule has 0 atom stereocenters. The molecular weight excluding hydrogens is 440 g/mol. The number of pyridine rings is 1. The smallest absolute Gasteiger partial charge is 0.447 e. The summed E-state index contributed by atoms with van der Waals surface area (Å²) in [7, 11) is 0. The van der Waals surface area contributed by atoms with Crippen LogP contribution in [0.3, 0.4) is 0 Å². The van der Waals surface area contributed by atoms with Gasteiger partial charge in [0, 0.05) is 23.6 Å². The van der Waals surface area contributed by atoms with Gasteiger partial charge < -0.3 is 9.47 Å². The summed E-state index contributed by atoms with van der Waals surface area (Å²) in [5, 5.41) is 1.18. The number of hydrogen-bond acceptors (Lipinski definition) is 5. The molecule has 0 saturated heterocycles. The zero-order valence-corrected chi connectivity index (χ0v) is 15.7. The number of hydrogen-bond donors (Lipinski definition) is 0. The zero-order chi connectivity index (χ0) is 20.2. The summed E-state index contributed by atoms with van der Waals surface area (Å²) in [5.74, 6) is -0.0360. The Bertz CT molecular complexity index is 819. The molecule has 0 spiro atoms. The monoisotopic (exact) mass is 449 g/mol. The third kappa shape index (κ3) is 7.51. The number of alkyl halides is 6. The van der Waals surface area contributed by atoms with Crippen LogP contribution in [0, 0.1) is 6.92 Å². The molecule has 0 aliphatic rings. The Hall–Kier alpha value is -1.59. The molecule has 148 valence electrons. The average molecular weight is 450 g/mol. The molecule has 0 bridgehead atoms. The van der Waals surface area contributed by atoms with Gasteiger partial charge >= 0.3 is 11.7 Å². The van der Waals surface area contributed by atoms with Crippen molar-refractivity contribution in [3.8, 4) is 17.5 Å². The molecule has 3 nitrogen and oxygen atoms in total. The van der Waals surface area contributed by atoms with Crippen LogP contribution in [0.2, 0.25) is 0 Å². The lowest BCUT2D eigenvalue weighted by atomic mass is 10.3. The van der Waals surface area contributed by atoms with E-state index in [-0.39, 0.29) is 24.1 Å². The second-order valence-corrected chi connectivity index (χ2v) is 7.58. The minimum Gasteiger partial charge on any atom is -0.473 e. The van der Waals surface area contributed by atoms with Crippen molar-refractivity contribution < 1.29 is 35.8 Å². The fourth-order valence-corrected chi connectivity index (χ4v) is 3.09. The molecule has 2 heterocycles. The van der Waals surface area contributed by atoms with Crippen molar-refractivity contribution in [3.63, 3.8) is 0 Å². The van der Waals surface area contributed by atoms with Crippen LogP contribution >= 0.6 is 34.7 Å². The van der Waals surface area contributed by atoms with Gasteiger partial charge in [-0.3, -0.25) is 0 Å². The van der Waals surface area contributed by atoms with Crippen molar-refractivity contribution in [2.75, 3.05) is 6.61 Å². The normalized spacial score (nSPS) is 13.0. The Kier molecular flexibility index (Phi) is 6.92. The van der Waals surface area contributed by atoms with Crippen molar-refractivity contribution in [2.24, 2.45) is 0 Å². The van der Waals surface area contributed by atoms with Crippen LogP contribution < -0.4 is 9.47 Å². The van der Waals surface area contributed by atoms with Gasteiger partial charge in [-0.05, 0) is 30.3 Å². The maximum Gasteiger partial charge on any atom is 0.447 e. The van der Waals surface area contributed by atoms with Gasteiger partial charge in [0.2, 0.25) is 11.8 Å². The maximum atomic E-state index is 12.6. The Morgan fingerprint density at radius 2 is 1.85 bits per heavy atom. The number of rotatable bonds is 6. The largest absolute Gasteiger partial charge is 0.473 e. The third-order valence-corrected chi connectivity index (χ3v) is 4.62. The SMILES string of the molecule is Cc1cc(OCC=C(Cl)SC(F)(F)F)nc(Oc2csc(C(F)(F)F)c2)c1. The molecule has 0 fully saturated rings. The van der Waals surface area contributed by atoms with Gasteiger partial charge in [0.05, 0.1) is 4.36 Å². The van der Waals surface area contributed by atoms with Gasteiger partial charge in [0.15, 0.2) is 0 Å². The molecule has 2 rings (SSSR count). The number of aryl methyl sites for hydroxylation is 1. The first-order valence-corrected chi connectivity index (χ1v) is 9.06. The highest BCUT2D eigenvalue weighted by atomic mass is 35.5. The van der Waals surface area contributed by atoms with Gasteiger partial charge in [-0.25, -0.2) is 0 Å². The van der Waals surface area contributed by atoms with Crippen LogP contribution in [0.1, 0.15) is 10.4 Å². The minimum atomic E-state index is -4.51. The molecule has 12 heteroatoms. The lowest BCUT2D eigenvalue weighted by molar-refractivity contribution is -0.134. The number of nitrogens with zero attached hydrogens (tertiary/aromatic N) is 1. The molecule has 0 unspecified atom stereocenters. The molecule has 0 saturated carbocycles. The standard InChI is InChI=1S/C15H10ClF6NO2S2/c1-8-4-12(24-3-2-11(16)27-15(20,21)22)23-13(5-8)25-9-6-10(26-7-9)14(17,18)19/h2,4-7H,3H2,1H3. The lowest BCUT2D eigenvalue weighted by Crippen LogP contribution is -2.01. The van der Waals surface area contributed by atoms with Crippen LogP contribution in [-0.4, -0.2) is 17.1 Å². The Labute approximate surface area is 162 Å². The van der Waals surface area contributed by atoms with Crippen molar-refractivity contribution in [1.29, 1.82) is 0 Å². The van der Waals surface area contributed by atoms with E-state index in [1.807, 2.05) is 0 Å². The third-order valence-electron chi connectivity index (χ3n) is 2.69. The topological polar surface area (TPSA) is 31.4 Å². The summed E-state index contributed by atoms with van der Waals surface area (Å²) in [4.78, 5) is 3.13. The fraction of sp³-hybridized carbons (Fsp3) is 0.267. The van der Waals surface area contributed by atoms with E-state index >= 15 is 0 Å². The first kappa shape index (κ1) is 21.7. The number of ether oxygens (including phenoxy) is 2. The second kappa shape index (κ2) is 8.61. The summed E-state index contributed by atoms with van der Waals surface area (Å²) < 4.78 is 84.2. The molecule has 2 aromatic heterocycles. The van der Waals surface area contributed by atoms with E-state index < -0.39 is 32.7 Å². The quantitative estimate of drug-likeness (QED) is 0.445. The molecule has 0 aliphatic carbocycles. The van der Waals surface area contributed by atoms with Gasteiger partial charge in [-0.1, -0.05) is 11.6 Å². The summed E-state index contributed by atoms with van der Waals surface area (Å²) in [5.41, 5.74) is -3.88. The zero-order valence-electron chi connectivity index (χ0n) is 13.3. The predicted molar refractivity (Wildman–Crippen MR) is 91.4 cm³/mol. The van der Waals surface area contributed by atoms with Crippen LogP contribution in [0.4, 0.5) is 26.3 Å². The Morgan fingerprint density at radius 3 is 2.44 bits per heavy atom. The lowest BCUT2D eigenvalue weighted by Gasteiger charge is -2.08. The molecule has 0 amide bonds. The molecule has 2 aromatic rings. The van der Waals surface area contributed by atoms with E-state index in [1.165, 1.54) is 17.5 Å². The highest BCUT2D eigenvalue weighted by Gasteiger charge is 2.33. The van der Waals surface area contributed by atoms with E-state index in [1.54, 1.807) is 6.92 Å². The van der Waals surface area contributed by atoms with Gasteiger partial charge in [0.25, 0.3) is 0 Å². The molecule has 0 aromatic carbocycles. The highest BCUT2D eigenvalue weighted by Crippen LogP contribution is 2.39. The van der Waals surface area contributed by atoms with Crippen molar-refractivity contribution in [3.05, 3.63) is 44.5 Å². The second-order valence-electron chi connectivity index (χ2n) is 4.93. The fourth-order valence-electron chi connectivity index (χ4n) is 1.72. The van der Waals surface area contributed by atoms with Crippen LogP contribution in [-0.2, 0) is 6.18 Å². The number of aromatic nitrogens is 1. The number of thioether (sulfide) groups is 1. The summed E-state index contributed by atoms with van der Waals surface area (Å²) in [6.07, 6.45) is -3.46.